The molecule has 6 nitrogen and oxygen atoms in total. The molecule has 0 saturated heterocycles. The predicted octanol–water partition coefficient (Wildman–Crippen LogP) is 4.22. The van der Waals surface area contributed by atoms with Gasteiger partial charge < -0.3 is 9.84 Å². The number of fused-ring (bicyclic) bond motifs is 1. The highest BCUT2D eigenvalue weighted by molar-refractivity contribution is 5.87. The Morgan fingerprint density at radius 3 is 2.56 bits per heavy atom. The first-order chi connectivity index (χ1) is 12.8. The molecule has 0 radical (unpaired) electrons. The molecular weight excluding hydrogens is 349 g/mol. The summed E-state index contributed by atoms with van der Waals surface area (Å²) in [6.45, 7) is 10.8. The summed E-state index contributed by atoms with van der Waals surface area (Å²) in [4.78, 5) is 12.8. The van der Waals surface area contributed by atoms with Gasteiger partial charge >= 0.3 is 5.97 Å². The van der Waals surface area contributed by atoms with E-state index in [-0.39, 0.29) is 17.9 Å². The van der Waals surface area contributed by atoms with E-state index >= 15 is 0 Å². The molecule has 0 aliphatic carbocycles. The van der Waals surface area contributed by atoms with E-state index in [1.165, 1.54) is 23.0 Å². The zero-order valence-corrected chi connectivity index (χ0v) is 15.8. The summed E-state index contributed by atoms with van der Waals surface area (Å²) < 4.78 is 18.4. The van der Waals surface area contributed by atoms with Crippen molar-refractivity contribution in [2.45, 2.75) is 34.3 Å². The Bertz CT molecular complexity index is 996. The van der Waals surface area contributed by atoms with Crippen molar-refractivity contribution in [3.05, 3.63) is 59.4 Å². The molecule has 1 aromatic heterocycles. The maximum absolute atomic E-state index is 13.3. The lowest BCUT2D eigenvalue weighted by molar-refractivity contribution is -0.140. The highest BCUT2D eigenvalue weighted by atomic mass is 19.1. The van der Waals surface area contributed by atoms with Crippen molar-refractivity contribution in [2.24, 2.45) is 0 Å². The van der Waals surface area contributed by atoms with Crippen LogP contribution in [0.5, 0.6) is 5.75 Å². The second-order valence-corrected chi connectivity index (χ2v) is 5.77. The second kappa shape index (κ2) is 8.44. The first-order valence-corrected chi connectivity index (χ1v) is 8.53. The van der Waals surface area contributed by atoms with Gasteiger partial charge in [0, 0.05) is 17.2 Å². The van der Waals surface area contributed by atoms with Gasteiger partial charge in [0.05, 0.1) is 0 Å². The van der Waals surface area contributed by atoms with E-state index in [2.05, 4.69) is 16.8 Å². The van der Waals surface area contributed by atoms with Crippen LogP contribution in [-0.2, 0) is 16.1 Å². The molecule has 0 atom stereocenters. The SMILES string of the molecule is C=C(C)C(=O)OCc1cc(C)cc(-n2nc3ccc(F)cc3n2)c1O.CC. The van der Waals surface area contributed by atoms with Crippen LogP contribution in [-0.4, -0.2) is 26.1 Å². The maximum atomic E-state index is 13.3. The maximum Gasteiger partial charge on any atom is 0.333 e. The number of rotatable bonds is 4. The number of hydrogen-bond donors (Lipinski definition) is 1. The van der Waals surface area contributed by atoms with Crippen molar-refractivity contribution in [1.29, 1.82) is 0 Å². The minimum Gasteiger partial charge on any atom is -0.505 e. The summed E-state index contributed by atoms with van der Waals surface area (Å²) in [5.41, 5.74) is 2.69. The zero-order valence-electron chi connectivity index (χ0n) is 15.8. The number of benzene rings is 2. The Hall–Kier alpha value is -3.22. The lowest BCUT2D eigenvalue weighted by Crippen LogP contribution is -2.07. The van der Waals surface area contributed by atoms with Crippen molar-refractivity contribution < 1.29 is 19.0 Å². The highest BCUT2D eigenvalue weighted by Gasteiger charge is 2.15. The van der Waals surface area contributed by atoms with Crippen molar-refractivity contribution >= 4 is 17.0 Å². The molecule has 0 amide bonds. The molecule has 3 aromatic rings. The molecule has 0 spiro atoms. The fourth-order valence-electron chi connectivity index (χ4n) is 2.36. The summed E-state index contributed by atoms with van der Waals surface area (Å²) in [5, 5.41) is 19.0. The third-order valence-corrected chi connectivity index (χ3v) is 3.58. The summed E-state index contributed by atoms with van der Waals surface area (Å²) in [7, 11) is 0. The van der Waals surface area contributed by atoms with Gasteiger partial charge in [-0.25, -0.2) is 9.18 Å². The zero-order chi connectivity index (χ0) is 20.1. The minimum atomic E-state index is -0.541. The molecular formula is C20H22FN3O3. The average Bonchev–Trinajstić information content (AvgIpc) is 3.06. The summed E-state index contributed by atoms with van der Waals surface area (Å²) in [6.07, 6.45) is 0. The first-order valence-electron chi connectivity index (χ1n) is 8.53. The van der Waals surface area contributed by atoms with Crippen molar-refractivity contribution in [2.75, 3.05) is 0 Å². The van der Waals surface area contributed by atoms with Gasteiger partial charge in [0.1, 0.15) is 34.9 Å². The summed E-state index contributed by atoms with van der Waals surface area (Å²) >= 11 is 0. The lowest BCUT2D eigenvalue weighted by Gasteiger charge is -2.11. The Morgan fingerprint density at radius 2 is 1.89 bits per heavy atom. The molecule has 0 bridgehead atoms. The Balaban J connectivity index is 0.00000126. The van der Waals surface area contributed by atoms with E-state index in [1.807, 2.05) is 20.8 Å². The van der Waals surface area contributed by atoms with Crippen molar-refractivity contribution in [3.8, 4) is 11.4 Å². The van der Waals surface area contributed by atoms with Crippen LogP contribution in [0.1, 0.15) is 31.9 Å². The number of phenolic OH excluding ortho intramolecular Hbond substituents is 1. The Morgan fingerprint density at radius 1 is 1.22 bits per heavy atom. The van der Waals surface area contributed by atoms with Gasteiger partial charge in [0.15, 0.2) is 0 Å². The molecule has 2 aromatic carbocycles. The Kier molecular flexibility index (Phi) is 6.28. The monoisotopic (exact) mass is 371 g/mol. The number of phenols is 1. The third-order valence-electron chi connectivity index (χ3n) is 3.58. The van der Waals surface area contributed by atoms with E-state index in [1.54, 1.807) is 19.1 Å². The van der Waals surface area contributed by atoms with Gasteiger partial charge in [-0.1, -0.05) is 20.4 Å². The summed E-state index contributed by atoms with van der Waals surface area (Å²) in [6, 6.07) is 7.46. The van der Waals surface area contributed by atoms with Crippen LogP contribution >= 0.6 is 0 Å². The Labute approximate surface area is 156 Å². The van der Waals surface area contributed by atoms with Gasteiger partial charge in [-0.15, -0.1) is 15.0 Å². The first kappa shape index (κ1) is 20.1. The second-order valence-electron chi connectivity index (χ2n) is 5.77. The fraction of sp³-hybridized carbons (Fsp3) is 0.250. The molecule has 7 heteroatoms. The third kappa shape index (κ3) is 4.49. The number of aromatic hydroxyl groups is 1. The smallest absolute Gasteiger partial charge is 0.333 e. The number of aromatic nitrogens is 3. The molecule has 142 valence electrons. The number of carbonyl (C=O) groups excluding carboxylic acids is 1. The van der Waals surface area contributed by atoms with E-state index in [0.29, 0.717) is 22.3 Å². The number of aryl methyl sites for hydroxylation is 1. The molecule has 0 saturated carbocycles. The van der Waals surface area contributed by atoms with Gasteiger partial charge in [0.2, 0.25) is 0 Å². The highest BCUT2D eigenvalue weighted by Crippen LogP contribution is 2.28. The van der Waals surface area contributed by atoms with Gasteiger partial charge in [-0.2, -0.15) is 0 Å². The van der Waals surface area contributed by atoms with Crippen LogP contribution < -0.4 is 0 Å². The lowest BCUT2D eigenvalue weighted by atomic mass is 10.1. The van der Waals surface area contributed by atoms with Crippen LogP contribution in [0.15, 0.2) is 42.5 Å². The van der Waals surface area contributed by atoms with Crippen molar-refractivity contribution in [1.82, 2.24) is 15.0 Å². The minimum absolute atomic E-state index is 0.110. The van der Waals surface area contributed by atoms with Crippen LogP contribution in [0.25, 0.3) is 16.7 Å². The molecule has 0 aliphatic rings. The summed E-state index contributed by atoms with van der Waals surface area (Å²) in [5.74, 6) is -1.07. The number of ether oxygens (including phenoxy) is 1. The van der Waals surface area contributed by atoms with Gasteiger partial charge in [-0.05, 0) is 43.7 Å². The van der Waals surface area contributed by atoms with E-state index in [0.717, 1.165) is 5.56 Å². The normalized spacial score (nSPS) is 10.3. The average molecular weight is 371 g/mol. The number of nitrogens with zero attached hydrogens (tertiary/aromatic N) is 3. The molecule has 0 fully saturated rings. The largest absolute Gasteiger partial charge is 0.505 e. The van der Waals surface area contributed by atoms with Crippen LogP contribution in [0.4, 0.5) is 4.39 Å². The number of hydrogen-bond acceptors (Lipinski definition) is 5. The standard InChI is InChI=1S/C18H16FN3O3.C2H6/c1-10(2)18(24)25-9-12-6-11(3)7-16(17(12)23)22-20-14-5-4-13(19)8-15(14)21-22;1-2/h4-8,23H,1,9H2,2-3H3;1-2H3. The van der Waals surface area contributed by atoms with Crippen LogP contribution in [0.2, 0.25) is 0 Å². The van der Waals surface area contributed by atoms with Crippen LogP contribution in [0.3, 0.4) is 0 Å². The number of carbonyl (C=O) groups is 1. The fourth-order valence-corrected chi connectivity index (χ4v) is 2.36. The molecule has 3 rings (SSSR count). The van der Waals surface area contributed by atoms with Gasteiger partial charge in [-0.3, -0.25) is 0 Å². The topological polar surface area (TPSA) is 77.2 Å². The van der Waals surface area contributed by atoms with Crippen LogP contribution in [0, 0.1) is 12.7 Å². The molecule has 0 unspecified atom stereocenters. The number of esters is 1. The predicted molar refractivity (Wildman–Crippen MR) is 101 cm³/mol. The quantitative estimate of drug-likeness (QED) is 0.549. The van der Waals surface area contributed by atoms with E-state index in [9.17, 15) is 14.3 Å². The molecule has 1 heterocycles. The molecule has 0 aliphatic heterocycles. The van der Waals surface area contributed by atoms with Gasteiger partial charge in [0.25, 0.3) is 0 Å². The number of halogens is 1. The van der Waals surface area contributed by atoms with Crippen molar-refractivity contribution in [3.63, 3.8) is 0 Å². The van der Waals surface area contributed by atoms with E-state index in [4.69, 9.17) is 4.74 Å². The van der Waals surface area contributed by atoms with E-state index < -0.39 is 11.8 Å². The molecule has 1 N–H and O–H groups in total. The molecule has 27 heavy (non-hydrogen) atoms.